The number of pyridine rings is 2. The van der Waals surface area contributed by atoms with Gasteiger partial charge in [0.25, 0.3) is 5.91 Å². The molecule has 2 fully saturated rings. The fourth-order valence-corrected chi connectivity index (χ4v) is 5.40. The van der Waals surface area contributed by atoms with E-state index in [9.17, 15) is 9.18 Å². The lowest BCUT2D eigenvalue weighted by atomic mass is 10.1. The van der Waals surface area contributed by atoms with Gasteiger partial charge < -0.3 is 30.0 Å². The SMILES string of the molecule is Cl.Nc1cc(-c2nc(C(=O)Nc3cc4sc(N5CCOCC5)nc4nc3N3CCC(F)CC3)co2)ccn1. The van der Waals surface area contributed by atoms with E-state index in [2.05, 4.69) is 20.2 Å². The number of nitrogen functional groups attached to an aromatic ring is 1. The molecule has 200 valence electrons. The van der Waals surface area contributed by atoms with E-state index >= 15 is 0 Å². The molecule has 6 rings (SSSR count). The lowest BCUT2D eigenvalue weighted by molar-refractivity contribution is 0.102. The zero-order valence-electron chi connectivity index (χ0n) is 20.3. The topological polar surface area (TPSA) is 136 Å². The molecule has 3 N–H and O–H groups in total. The number of hydrogen-bond acceptors (Lipinski definition) is 11. The highest BCUT2D eigenvalue weighted by Crippen LogP contribution is 2.36. The predicted octanol–water partition coefficient (Wildman–Crippen LogP) is 3.77. The second-order valence-corrected chi connectivity index (χ2v) is 9.91. The van der Waals surface area contributed by atoms with Crippen LogP contribution >= 0.6 is 23.7 Å². The highest BCUT2D eigenvalue weighted by molar-refractivity contribution is 7.22. The van der Waals surface area contributed by atoms with Crippen molar-refractivity contribution in [1.82, 2.24) is 19.9 Å². The highest BCUT2D eigenvalue weighted by Gasteiger charge is 2.25. The van der Waals surface area contributed by atoms with Crippen LogP contribution in [0.4, 0.5) is 26.8 Å². The molecule has 4 aromatic rings. The number of nitrogens with two attached hydrogens (primary N) is 1. The number of nitrogens with one attached hydrogen (secondary N) is 1. The maximum absolute atomic E-state index is 13.9. The van der Waals surface area contributed by atoms with E-state index in [1.54, 1.807) is 18.3 Å². The summed E-state index contributed by atoms with van der Waals surface area (Å²) in [6.45, 7) is 3.83. The molecule has 14 heteroatoms. The lowest BCUT2D eigenvalue weighted by Gasteiger charge is -2.30. The molecule has 0 spiro atoms. The Hall–Kier alpha value is -3.55. The van der Waals surface area contributed by atoms with Gasteiger partial charge in [0.2, 0.25) is 5.89 Å². The van der Waals surface area contributed by atoms with Crippen LogP contribution in [-0.4, -0.2) is 71.4 Å². The van der Waals surface area contributed by atoms with Crippen LogP contribution in [-0.2, 0) is 4.74 Å². The zero-order chi connectivity index (χ0) is 25.4. The Morgan fingerprint density at radius 1 is 1.11 bits per heavy atom. The largest absolute Gasteiger partial charge is 0.444 e. The van der Waals surface area contributed by atoms with Crippen LogP contribution in [0.1, 0.15) is 23.3 Å². The van der Waals surface area contributed by atoms with E-state index in [0.29, 0.717) is 67.7 Å². The predicted molar refractivity (Wildman–Crippen MR) is 146 cm³/mol. The number of hydrogen-bond donors (Lipinski definition) is 2. The molecular formula is C24H26ClFN8O3S. The normalized spacial score (nSPS) is 16.4. The second kappa shape index (κ2) is 11.1. The van der Waals surface area contributed by atoms with Crippen LogP contribution in [0, 0.1) is 0 Å². The van der Waals surface area contributed by atoms with Crippen molar-refractivity contribution >= 4 is 62.5 Å². The number of fused-ring (bicyclic) bond motifs is 1. The summed E-state index contributed by atoms with van der Waals surface area (Å²) in [6, 6.07) is 5.20. The van der Waals surface area contributed by atoms with Crippen LogP contribution in [0.3, 0.4) is 0 Å². The molecule has 6 heterocycles. The van der Waals surface area contributed by atoms with Crippen LogP contribution in [0.2, 0.25) is 0 Å². The third-order valence-electron chi connectivity index (χ3n) is 6.37. The van der Waals surface area contributed by atoms with Gasteiger partial charge in [0.05, 0.1) is 23.6 Å². The van der Waals surface area contributed by atoms with E-state index in [4.69, 9.17) is 24.9 Å². The molecule has 0 unspecified atom stereocenters. The van der Waals surface area contributed by atoms with E-state index in [1.165, 1.54) is 17.6 Å². The molecule has 0 aromatic carbocycles. The van der Waals surface area contributed by atoms with Gasteiger partial charge in [-0.3, -0.25) is 4.79 Å². The number of thiazole rings is 1. The summed E-state index contributed by atoms with van der Waals surface area (Å²) in [5.74, 6) is 0.703. The van der Waals surface area contributed by atoms with Crippen LogP contribution < -0.4 is 20.9 Å². The summed E-state index contributed by atoms with van der Waals surface area (Å²) in [7, 11) is 0. The Bertz CT molecular complexity index is 1440. The molecule has 0 saturated carbocycles. The summed E-state index contributed by atoms with van der Waals surface area (Å²) in [6.07, 6.45) is 2.82. The van der Waals surface area contributed by atoms with Crippen molar-refractivity contribution in [1.29, 1.82) is 0 Å². The molecule has 1 amide bonds. The first-order valence-electron chi connectivity index (χ1n) is 12.1. The van der Waals surface area contributed by atoms with E-state index in [1.807, 2.05) is 11.0 Å². The molecule has 11 nitrogen and oxygen atoms in total. The number of carbonyl (C=O) groups is 1. The second-order valence-electron chi connectivity index (χ2n) is 8.90. The standard InChI is InChI=1S/C24H25FN8O3S.ClH/c25-15-2-5-32(6-3-15)21-16(12-18-20(30-21)31-24(37-18)33-7-9-35-10-8-33)28-22(34)17-13-36-23(29-17)14-1-4-27-19(26)11-14;/h1,4,11-13,15H,2-3,5-10H2,(H2,26,27)(H,28,34);1H. The van der Waals surface area contributed by atoms with Gasteiger partial charge in [-0.2, -0.15) is 4.98 Å². The minimum absolute atomic E-state index is 0. The average molecular weight is 561 g/mol. The highest BCUT2D eigenvalue weighted by atomic mass is 35.5. The number of oxazole rings is 1. The minimum atomic E-state index is -0.832. The first-order valence-corrected chi connectivity index (χ1v) is 12.9. The van der Waals surface area contributed by atoms with Crippen molar-refractivity contribution < 1.29 is 18.3 Å². The first kappa shape index (κ1) is 26.1. The maximum atomic E-state index is 13.9. The van der Waals surface area contributed by atoms with Gasteiger partial charge >= 0.3 is 0 Å². The molecule has 38 heavy (non-hydrogen) atoms. The number of piperidine rings is 1. The van der Waals surface area contributed by atoms with Crippen molar-refractivity contribution in [3.63, 3.8) is 0 Å². The molecule has 0 bridgehead atoms. The molecule has 0 aliphatic carbocycles. The molecule has 0 radical (unpaired) electrons. The minimum Gasteiger partial charge on any atom is -0.444 e. The third-order valence-corrected chi connectivity index (χ3v) is 7.42. The van der Waals surface area contributed by atoms with E-state index in [0.717, 1.165) is 22.9 Å². The molecule has 2 aliphatic heterocycles. The fraction of sp³-hybridized carbons (Fsp3) is 0.375. The van der Waals surface area contributed by atoms with Crippen LogP contribution in [0.25, 0.3) is 21.8 Å². The molecular weight excluding hydrogens is 535 g/mol. The van der Waals surface area contributed by atoms with Gasteiger partial charge in [0, 0.05) is 37.9 Å². The van der Waals surface area contributed by atoms with Crippen molar-refractivity contribution in [3.8, 4) is 11.5 Å². The number of alkyl halides is 1. The Morgan fingerprint density at radius 2 is 1.89 bits per heavy atom. The van der Waals surface area contributed by atoms with Crippen molar-refractivity contribution in [3.05, 3.63) is 36.4 Å². The van der Waals surface area contributed by atoms with Gasteiger partial charge in [-0.05, 0) is 31.0 Å². The Kier molecular flexibility index (Phi) is 7.58. The van der Waals surface area contributed by atoms with E-state index < -0.39 is 12.1 Å². The molecule has 2 saturated heterocycles. The van der Waals surface area contributed by atoms with Gasteiger partial charge in [-0.25, -0.2) is 19.3 Å². The summed E-state index contributed by atoms with van der Waals surface area (Å²) >= 11 is 1.51. The number of rotatable bonds is 5. The molecule has 4 aromatic heterocycles. The summed E-state index contributed by atoms with van der Waals surface area (Å²) in [5.41, 5.74) is 7.59. The lowest BCUT2D eigenvalue weighted by Crippen LogP contribution is -2.36. The number of morpholine rings is 1. The van der Waals surface area contributed by atoms with Crippen LogP contribution in [0.15, 0.2) is 35.1 Å². The molecule has 2 aliphatic rings. The van der Waals surface area contributed by atoms with E-state index in [-0.39, 0.29) is 24.0 Å². The number of nitrogens with zero attached hydrogens (tertiary/aromatic N) is 6. The Balaban J connectivity index is 0.00000294. The maximum Gasteiger partial charge on any atom is 0.277 e. The third kappa shape index (κ3) is 5.35. The smallest absolute Gasteiger partial charge is 0.277 e. The zero-order valence-corrected chi connectivity index (χ0v) is 21.9. The number of ether oxygens (including phenoxy) is 1. The van der Waals surface area contributed by atoms with Gasteiger partial charge in [-0.1, -0.05) is 11.3 Å². The number of halogens is 2. The van der Waals surface area contributed by atoms with Gasteiger partial charge in [0.1, 0.15) is 18.3 Å². The van der Waals surface area contributed by atoms with Crippen molar-refractivity contribution in [2.75, 3.05) is 60.2 Å². The number of aromatic nitrogens is 4. The first-order chi connectivity index (χ1) is 18.0. The number of anilines is 4. The summed E-state index contributed by atoms with van der Waals surface area (Å²) in [4.78, 5) is 35.2. The van der Waals surface area contributed by atoms with Crippen molar-refractivity contribution in [2.24, 2.45) is 0 Å². The average Bonchev–Trinajstić information content (AvgIpc) is 3.57. The van der Waals surface area contributed by atoms with Gasteiger partial charge in [-0.15, -0.1) is 12.4 Å². The number of carbonyl (C=O) groups excluding carboxylic acids is 1. The van der Waals surface area contributed by atoms with Crippen LogP contribution in [0.5, 0.6) is 0 Å². The summed E-state index contributed by atoms with van der Waals surface area (Å²) < 4.78 is 25.7. The Labute approximate surface area is 227 Å². The number of amides is 1. The van der Waals surface area contributed by atoms with Crippen molar-refractivity contribution in [2.45, 2.75) is 19.0 Å². The Morgan fingerprint density at radius 3 is 2.66 bits per heavy atom. The molecule has 0 atom stereocenters. The summed E-state index contributed by atoms with van der Waals surface area (Å²) in [5, 5.41) is 3.80. The van der Waals surface area contributed by atoms with Gasteiger partial charge in [0.15, 0.2) is 22.3 Å². The fourth-order valence-electron chi connectivity index (χ4n) is 4.40. The quantitative estimate of drug-likeness (QED) is 0.371. The monoisotopic (exact) mass is 560 g/mol.